The lowest BCUT2D eigenvalue weighted by atomic mass is 9.75. The van der Waals surface area contributed by atoms with Gasteiger partial charge in [0.1, 0.15) is 22.7 Å². The normalized spacial score (nSPS) is 12.9. The summed E-state index contributed by atoms with van der Waals surface area (Å²) in [6.07, 6.45) is 0. The molecule has 0 bridgehead atoms. The number of fused-ring (bicyclic) bond motifs is 3. The lowest BCUT2D eigenvalue weighted by molar-refractivity contribution is 0.398. The van der Waals surface area contributed by atoms with Crippen LogP contribution in [0.4, 0.5) is 0 Å². The lowest BCUT2D eigenvalue weighted by Gasteiger charge is -2.31. The standard InChI is InChI=1S/C45H59O4P/c1-26-18-28(3)38-32(20-26)33-21-27(2)19-29(4)39(33)48-50(47-38)49-41-35(23-31(43(8,9)10)25-37(41)45(14,15)16)34-22-30(42(5,6)7)24-36(40(34)46-17)44(11,12)13/h18-25H,1-17H3. The zero-order valence-corrected chi connectivity index (χ0v) is 34.6. The molecule has 0 radical (unpaired) electrons. The van der Waals surface area contributed by atoms with Gasteiger partial charge in [0.25, 0.3) is 0 Å². The van der Waals surface area contributed by atoms with Crippen molar-refractivity contribution in [3.8, 4) is 22.6 Å². The molecule has 268 valence electrons. The van der Waals surface area contributed by atoms with Crippen molar-refractivity contribution in [1.82, 2.24) is 0 Å². The molecule has 0 fully saturated rings. The van der Waals surface area contributed by atoms with Gasteiger partial charge < -0.3 is 17.7 Å². The van der Waals surface area contributed by atoms with Crippen LogP contribution in [0, 0.1) is 27.7 Å². The number of hydrogen-bond donors (Lipinski definition) is 0. The lowest BCUT2D eigenvalue weighted by Crippen LogP contribution is -2.19. The average molecular weight is 695 g/mol. The van der Waals surface area contributed by atoms with E-state index in [2.05, 4.69) is 159 Å². The van der Waals surface area contributed by atoms with E-state index in [1.54, 1.807) is 7.11 Å². The molecule has 4 aromatic carbocycles. The predicted molar refractivity (Wildman–Crippen MR) is 215 cm³/mol. The van der Waals surface area contributed by atoms with E-state index >= 15 is 0 Å². The van der Waals surface area contributed by atoms with Gasteiger partial charge in [0, 0.05) is 33.0 Å². The molecule has 0 aliphatic carbocycles. The summed E-state index contributed by atoms with van der Waals surface area (Å²) in [7, 11) is -0.136. The van der Waals surface area contributed by atoms with Crippen LogP contribution < -0.4 is 9.26 Å². The molecule has 0 saturated heterocycles. The van der Waals surface area contributed by atoms with E-state index in [9.17, 15) is 0 Å². The first-order valence-corrected chi connectivity index (χ1v) is 19.0. The van der Waals surface area contributed by atoms with Crippen molar-refractivity contribution in [3.63, 3.8) is 0 Å². The maximum atomic E-state index is 7.25. The molecule has 4 nitrogen and oxygen atoms in total. The highest BCUT2D eigenvalue weighted by Crippen LogP contribution is 2.52. The van der Waals surface area contributed by atoms with Crippen molar-refractivity contribution in [1.29, 1.82) is 0 Å². The summed E-state index contributed by atoms with van der Waals surface area (Å²) >= 11 is 0. The summed E-state index contributed by atoms with van der Waals surface area (Å²) in [6.45, 7) is 35.6. The van der Waals surface area contributed by atoms with Gasteiger partial charge in [-0.3, -0.25) is 0 Å². The second-order valence-corrected chi connectivity index (χ2v) is 19.4. The van der Waals surface area contributed by atoms with E-state index in [1.165, 1.54) is 27.8 Å². The molecule has 0 atom stereocenters. The molecule has 0 saturated carbocycles. The van der Waals surface area contributed by atoms with Gasteiger partial charge in [-0.2, -0.15) is 0 Å². The highest BCUT2D eigenvalue weighted by molar-refractivity contribution is 7.32. The Labute approximate surface area is 302 Å². The Kier molecular flexibility index (Phi) is 9.68. The molecule has 0 spiro atoms. The van der Waals surface area contributed by atoms with Crippen molar-refractivity contribution < 1.29 is 17.7 Å². The Balaban J connectivity index is 1.99. The van der Waals surface area contributed by atoms with Crippen molar-refractivity contribution >= 4 is 30.2 Å². The van der Waals surface area contributed by atoms with Crippen LogP contribution in [0.25, 0.3) is 33.1 Å². The molecule has 1 aromatic heterocycles. The SMILES string of the molecule is COc1c(-c2cc(C(C)(C)C)cc(C(C)(C)C)c2Op2oc3c(C)cc(C)cc3c3cc(C)cc(C)c3o2)cc(C(C)(C)C)cc1C(C)(C)C. The minimum Gasteiger partial charge on any atom is -0.496 e. The van der Waals surface area contributed by atoms with E-state index in [0.29, 0.717) is 0 Å². The van der Waals surface area contributed by atoms with Crippen molar-refractivity contribution in [2.45, 2.75) is 132 Å². The van der Waals surface area contributed by atoms with Gasteiger partial charge in [-0.15, -0.1) is 0 Å². The fourth-order valence-corrected chi connectivity index (χ4v) is 8.03. The van der Waals surface area contributed by atoms with Crippen LogP contribution in [0.1, 0.15) is 128 Å². The third-order valence-electron chi connectivity index (χ3n) is 9.65. The summed E-state index contributed by atoms with van der Waals surface area (Å²) in [5.74, 6) is 1.63. The van der Waals surface area contributed by atoms with Crippen LogP contribution >= 0.6 is 8.24 Å². The zero-order chi connectivity index (χ0) is 37.3. The van der Waals surface area contributed by atoms with Gasteiger partial charge in [0.2, 0.25) is 0 Å². The van der Waals surface area contributed by atoms with Gasteiger partial charge in [-0.25, -0.2) is 0 Å². The average Bonchev–Trinajstić information content (AvgIpc) is 3.11. The molecule has 5 heteroatoms. The van der Waals surface area contributed by atoms with Gasteiger partial charge in [0.05, 0.1) is 7.11 Å². The maximum Gasteiger partial charge on any atom is 0.453 e. The second-order valence-electron chi connectivity index (χ2n) is 18.4. The van der Waals surface area contributed by atoms with Gasteiger partial charge >= 0.3 is 8.24 Å². The summed E-state index contributed by atoms with van der Waals surface area (Å²) in [6, 6.07) is 18.0. The Morgan fingerprint density at radius 2 is 0.860 bits per heavy atom. The summed E-state index contributed by atoms with van der Waals surface area (Å²) in [5.41, 5.74) is 12.2. The number of hydrogen-bond acceptors (Lipinski definition) is 4. The zero-order valence-electron chi connectivity index (χ0n) is 33.7. The smallest absolute Gasteiger partial charge is 0.453 e. The first-order chi connectivity index (χ1) is 22.9. The molecule has 0 aliphatic rings. The van der Waals surface area contributed by atoms with E-state index < -0.39 is 8.24 Å². The highest BCUT2D eigenvalue weighted by Gasteiger charge is 2.32. The predicted octanol–water partition coefficient (Wildman–Crippen LogP) is 14.2. The van der Waals surface area contributed by atoms with Crippen LogP contribution in [0.15, 0.2) is 56.9 Å². The van der Waals surface area contributed by atoms with E-state index in [-0.39, 0.29) is 21.7 Å². The van der Waals surface area contributed by atoms with Gasteiger partial charge in [-0.1, -0.05) is 107 Å². The van der Waals surface area contributed by atoms with Gasteiger partial charge in [-0.05, 0) is 107 Å². The number of rotatable bonds is 4. The number of aryl methyl sites for hydroxylation is 4. The molecule has 0 amide bonds. The highest BCUT2D eigenvalue weighted by atomic mass is 31.1. The minimum atomic E-state index is -1.92. The molecule has 0 N–H and O–H groups in total. The summed E-state index contributed by atoms with van der Waals surface area (Å²) < 4.78 is 27.4. The van der Waals surface area contributed by atoms with Crippen LogP contribution in [0.5, 0.6) is 11.5 Å². The van der Waals surface area contributed by atoms with Crippen molar-refractivity contribution in [2.24, 2.45) is 0 Å². The molecule has 0 unspecified atom stereocenters. The Hall–Kier alpha value is -3.62. The van der Waals surface area contributed by atoms with Crippen molar-refractivity contribution in [2.75, 3.05) is 7.11 Å². The summed E-state index contributed by atoms with van der Waals surface area (Å²) in [5, 5.41) is 2.07. The Bertz CT molecular complexity index is 2070. The Morgan fingerprint density at radius 1 is 0.480 bits per heavy atom. The maximum absolute atomic E-state index is 7.25. The van der Waals surface area contributed by atoms with Crippen LogP contribution in [0.3, 0.4) is 0 Å². The minimum absolute atomic E-state index is 0.0904. The van der Waals surface area contributed by atoms with Gasteiger partial charge in [0.15, 0.2) is 0 Å². The molecular weight excluding hydrogens is 635 g/mol. The van der Waals surface area contributed by atoms with Crippen LogP contribution in [0.2, 0.25) is 0 Å². The Morgan fingerprint density at radius 3 is 1.22 bits per heavy atom. The molecular formula is C45H59O4P. The monoisotopic (exact) mass is 694 g/mol. The van der Waals surface area contributed by atoms with Crippen LogP contribution in [-0.4, -0.2) is 7.11 Å². The molecule has 5 rings (SSSR count). The number of ether oxygens (including phenoxy) is 1. The van der Waals surface area contributed by atoms with E-state index in [4.69, 9.17) is 17.7 Å². The fraction of sp³-hybridized carbons (Fsp3) is 0.467. The molecule has 1 heterocycles. The van der Waals surface area contributed by atoms with E-state index in [1.807, 2.05) is 0 Å². The molecule has 50 heavy (non-hydrogen) atoms. The largest absolute Gasteiger partial charge is 0.496 e. The van der Waals surface area contributed by atoms with Crippen LogP contribution in [-0.2, 0) is 21.7 Å². The number of methoxy groups -OCH3 is 1. The fourth-order valence-electron chi connectivity index (χ4n) is 6.79. The van der Waals surface area contributed by atoms with Crippen molar-refractivity contribution in [3.05, 3.63) is 93.0 Å². The first-order valence-electron chi connectivity index (χ1n) is 17.9. The molecule has 5 aromatic rings. The topological polar surface area (TPSA) is 44.7 Å². The first kappa shape index (κ1) is 37.6. The number of benzene rings is 4. The van der Waals surface area contributed by atoms with E-state index in [0.717, 1.165) is 61.3 Å². The third-order valence-corrected chi connectivity index (χ3v) is 10.6. The third kappa shape index (κ3) is 7.38. The molecule has 0 aliphatic heterocycles. The quantitative estimate of drug-likeness (QED) is 0.188. The second kappa shape index (κ2) is 12.9. The summed E-state index contributed by atoms with van der Waals surface area (Å²) in [4.78, 5) is 0.